The maximum atomic E-state index is 11.9. The summed E-state index contributed by atoms with van der Waals surface area (Å²) in [5.41, 5.74) is 0.884. The first-order chi connectivity index (χ1) is 11.0. The second kappa shape index (κ2) is 9.45. The lowest BCUT2D eigenvalue weighted by molar-refractivity contribution is -0.120. The monoisotopic (exact) mass is 372 g/mol. The molecule has 126 valence electrons. The highest BCUT2D eigenvalue weighted by Crippen LogP contribution is 2.27. The van der Waals surface area contributed by atoms with Crippen molar-refractivity contribution in [2.45, 2.75) is 51.5 Å². The van der Waals surface area contributed by atoms with Crippen LogP contribution in [0.1, 0.15) is 50.5 Å². The third-order valence-electron chi connectivity index (χ3n) is 4.21. The average molecular weight is 373 g/mol. The molecule has 0 heterocycles. The van der Waals surface area contributed by atoms with Crippen molar-refractivity contribution in [2.24, 2.45) is 5.92 Å². The zero-order valence-corrected chi connectivity index (χ0v) is 15.4. The highest BCUT2D eigenvalue weighted by atomic mass is 35.5. The molecule has 1 saturated carbocycles. The van der Waals surface area contributed by atoms with Crippen molar-refractivity contribution in [1.29, 1.82) is 0 Å². The predicted molar refractivity (Wildman–Crippen MR) is 99.9 cm³/mol. The van der Waals surface area contributed by atoms with Crippen LogP contribution in [0.4, 0.5) is 0 Å². The van der Waals surface area contributed by atoms with Crippen LogP contribution in [0.3, 0.4) is 0 Å². The minimum atomic E-state index is -0.0183. The molecule has 3 nitrogen and oxygen atoms in total. The van der Waals surface area contributed by atoms with Crippen molar-refractivity contribution >= 4 is 46.4 Å². The third-order valence-corrected chi connectivity index (χ3v) is 5.05. The predicted octanol–water partition coefficient (Wildman–Crippen LogP) is 4.84. The molecule has 2 rings (SSSR count). The fourth-order valence-corrected chi connectivity index (χ4v) is 3.55. The Hall–Kier alpha value is -0.840. The number of thiocarbonyl (C=S) groups is 1. The van der Waals surface area contributed by atoms with E-state index in [1.807, 2.05) is 6.07 Å². The summed E-state index contributed by atoms with van der Waals surface area (Å²) in [4.78, 5) is 11.9. The van der Waals surface area contributed by atoms with Gasteiger partial charge in [-0.05, 0) is 42.3 Å². The molecule has 0 bridgehead atoms. The van der Waals surface area contributed by atoms with Crippen molar-refractivity contribution in [3.8, 4) is 0 Å². The topological polar surface area (TPSA) is 41.1 Å². The van der Waals surface area contributed by atoms with Crippen LogP contribution >= 0.6 is 35.4 Å². The van der Waals surface area contributed by atoms with E-state index in [2.05, 4.69) is 10.6 Å². The van der Waals surface area contributed by atoms with E-state index in [4.69, 9.17) is 35.4 Å². The number of halogens is 2. The Balaban J connectivity index is 1.68. The Morgan fingerprint density at radius 1 is 1.22 bits per heavy atom. The molecule has 0 aromatic heterocycles. The standard InChI is InChI=1S/C17H22Cl2N2OS/c18-14-8-7-13(15(19)10-14)11-20-17(23)21-16(22)9-6-12-4-2-1-3-5-12/h7-8,10,12H,1-6,9,11H2,(H2,20,21,22,23). The summed E-state index contributed by atoms with van der Waals surface area (Å²) in [6.07, 6.45) is 7.94. The van der Waals surface area contributed by atoms with Gasteiger partial charge in [-0.15, -0.1) is 0 Å². The lowest BCUT2D eigenvalue weighted by atomic mass is 9.86. The van der Waals surface area contributed by atoms with Crippen LogP contribution in [0.2, 0.25) is 10.0 Å². The molecule has 2 N–H and O–H groups in total. The Labute approximate surface area is 153 Å². The average Bonchev–Trinajstić information content (AvgIpc) is 2.53. The van der Waals surface area contributed by atoms with Crippen LogP contribution < -0.4 is 10.6 Å². The van der Waals surface area contributed by atoms with Gasteiger partial charge in [0, 0.05) is 23.0 Å². The molecule has 1 aromatic rings. The molecule has 0 saturated heterocycles. The van der Waals surface area contributed by atoms with E-state index in [1.165, 1.54) is 32.1 Å². The van der Waals surface area contributed by atoms with Gasteiger partial charge in [-0.2, -0.15) is 0 Å². The Morgan fingerprint density at radius 3 is 2.65 bits per heavy atom. The van der Waals surface area contributed by atoms with Crippen molar-refractivity contribution < 1.29 is 4.79 Å². The Bertz CT molecular complexity index is 560. The SMILES string of the molecule is O=C(CCC1CCCCC1)NC(=S)NCc1ccc(Cl)cc1Cl. The van der Waals surface area contributed by atoms with E-state index >= 15 is 0 Å². The summed E-state index contributed by atoms with van der Waals surface area (Å²) < 4.78 is 0. The first-order valence-electron chi connectivity index (χ1n) is 8.06. The van der Waals surface area contributed by atoms with Gasteiger partial charge in [0.25, 0.3) is 0 Å². The van der Waals surface area contributed by atoms with Crippen LogP contribution in [0.5, 0.6) is 0 Å². The fraction of sp³-hybridized carbons (Fsp3) is 0.529. The van der Waals surface area contributed by atoms with Crippen LogP contribution in [0.15, 0.2) is 18.2 Å². The fourth-order valence-electron chi connectivity index (χ4n) is 2.88. The maximum absolute atomic E-state index is 11.9. The highest BCUT2D eigenvalue weighted by molar-refractivity contribution is 7.80. The van der Waals surface area contributed by atoms with Crippen LogP contribution in [0.25, 0.3) is 0 Å². The summed E-state index contributed by atoms with van der Waals surface area (Å²) >= 11 is 17.1. The first kappa shape index (κ1) is 18.5. The van der Waals surface area contributed by atoms with Gasteiger partial charge < -0.3 is 10.6 Å². The quantitative estimate of drug-likeness (QED) is 0.726. The molecule has 0 atom stereocenters. The zero-order chi connectivity index (χ0) is 16.7. The third kappa shape index (κ3) is 6.66. The van der Waals surface area contributed by atoms with Crippen LogP contribution in [-0.2, 0) is 11.3 Å². The van der Waals surface area contributed by atoms with Gasteiger partial charge in [0.2, 0.25) is 5.91 Å². The summed E-state index contributed by atoms with van der Waals surface area (Å²) in [6.45, 7) is 0.456. The second-order valence-corrected chi connectivity index (χ2v) is 7.26. The molecule has 1 amide bonds. The highest BCUT2D eigenvalue weighted by Gasteiger charge is 2.15. The van der Waals surface area contributed by atoms with E-state index in [0.29, 0.717) is 34.0 Å². The molecule has 0 aliphatic heterocycles. The minimum absolute atomic E-state index is 0.0183. The number of hydrogen-bond donors (Lipinski definition) is 2. The number of benzene rings is 1. The molecule has 1 fully saturated rings. The molecule has 23 heavy (non-hydrogen) atoms. The molecule has 0 radical (unpaired) electrons. The van der Waals surface area contributed by atoms with Gasteiger partial charge >= 0.3 is 0 Å². The van der Waals surface area contributed by atoms with Crippen molar-refractivity contribution in [3.05, 3.63) is 33.8 Å². The van der Waals surface area contributed by atoms with Crippen molar-refractivity contribution in [2.75, 3.05) is 0 Å². The maximum Gasteiger partial charge on any atom is 0.226 e. The van der Waals surface area contributed by atoms with Crippen molar-refractivity contribution in [3.63, 3.8) is 0 Å². The van der Waals surface area contributed by atoms with Gasteiger partial charge in [0.15, 0.2) is 5.11 Å². The van der Waals surface area contributed by atoms with Crippen LogP contribution in [0, 0.1) is 5.92 Å². The number of carbonyl (C=O) groups excluding carboxylic acids is 1. The van der Waals surface area contributed by atoms with E-state index in [1.54, 1.807) is 12.1 Å². The molecule has 0 spiro atoms. The molecular weight excluding hydrogens is 351 g/mol. The lowest BCUT2D eigenvalue weighted by Gasteiger charge is -2.21. The van der Waals surface area contributed by atoms with E-state index in [0.717, 1.165) is 12.0 Å². The van der Waals surface area contributed by atoms with Gasteiger partial charge in [0.1, 0.15) is 0 Å². The van der Waals surface area contributed by atoms with Gasteiger partial charge in [-0.1, -0.05) is 61.4 Å². The van der Waals surface area contributed by atoms with E-state index in [-0.39, 0.29) is 5.91 Å². The Kier molecular flexibility index (Phi) is 7.60. The van der Waals surface area contributed by atoms with Crippen LogP contribution in [-0.4, -0.2) is 11.0 Å². The number of amides is 1. The molecule has 1 aliphatic carbocycles. The second-order valence-electron chi connectivity index (χ2n) is 6.01. The van der Waals surface area contributed by atoms with Gasteiger partial charge in [0.05, 0.1) is 0 Å². The summed E-state index contributed by atoms with van der Waals surface area (Å²) in [5.74, 6) is 0.680. The minimum Gasteiger partial charge on any atom is -0.358 e. The molecular formula is C17H22Cl2N2OS. The summed E-state index contributed by atoms with van der Waals surface area (Å²) in [5, 5.41) is 7.25. The van der Waals surface area contributed by atoms with E-state index < -0.39 is 0 Å². The molecule has 1 aliphatic rings. The number of rotatable bonds is 5. The summed E-state index contributed by atoms with van der Waals surface area (Å²) in [6, 6.07) is 5.30. The smallest absolute Gasteiger partial charge is 0.226 e. The normalized spacial score (nSPS) is 15.2. The molecule has 6 heteroatoms. The lowest BCUT2D eigenvalue weighted by Crippen LogP contribution is -2.39. The number of nitrogens with one attached hydrogen (secondary N) is 2. The number of hydrogen-bond acceptors (Lipinski definition) is 2. The van der Waals surface area contributed by atoms with Gasteiger partial charge in [-0.3, -0.25) is 4.79 Å². The number of carbonyl (C=O) groups is 1. The summed E-state index contributed by atoms with van der Waals surface area (Å²) in [7, 11) is 0. The molecule has 0 unspecified atom stereocenters. The van der Waals surface area contributed by atoms with Gasteiger partial charge in [-0.25, -0.2) is 0 Å². The largest absolute Gasteiger partial charge is 0.358 e. The zero-order valence-electron chi connectivity index (χ0n) is 13.0. The molecule has 1 aromatic carbocycles. The first-order valence-corrected chi connectivity index (χ1v) is 9.22. The van der Waals surface area contributed by atoms with E-state index in [9.17, 15) is 4.79 Å². The van der Waals surface area contributed by atoms with Crippen molar-refractivity contribution in [1.82, 2.24) is 10.6 Å². The Morgan fingerprint density at radius 2 is 1.96 bits per heavy atom.